The van der Waals surface area contributed by atoms with E-state index in [1.54, 1.807) is 11.8 Å². The van der Waals surface area contributed by atoms with Gasteiger partial charge in [0.15, 0.2) is 11.0 Å². The summed E-state index contributed by atoms with van der Waals surface area (Å²) < 4.78 is 42.8. The number of hydrogen-bond donors (Lipinski definition) is 1. The minimum absolute atomic E-state index is 0.0471. The number of anilines is 1. The van der Waals surface area contributed by atoms with Crippen LogP contribution in [0.2, 0.25) is 0 Å². The maximum atomic E-state index is 13.2. The number of carbonyl (C=O) groups is 1. The fourth-order valence-electron chi connectivity index (χ4n) is 6.45. The summed E-state index contributed by atoms with van der Waals surface area (Å²) in [7, 11) is 0. The molecule has 3 aromatic carbocycles. The number of aryl methyl sites for hydroxylation is 2. The van der Waals surface area contributed by atoms with Crippen molar-refractivity contribution in [2.45, 2.75) is 83.7 Å². The highest BCUT2D eigenvalue weighted by atomic mass is 32.2. The summed E-state index contributed by atoms with van der Waals surface area (Å²) in [6.07, 6.45) is 2.52. The van der Waals surface area contributed by atoms with Crippen LogP contribution in [0.5, 0.6) is 5.75 Å². The zero-order chi connectivity index (χ0) is 33.8. The van der Waals surface area contributed by atoms with E-state index < -0.39 is 6.36 Å². The summed E-state index contributed by atoms with van der Waals surface area (Å²) in [5.41, 5.74) is 6.21. The molecule has 1 saturated carbocycles. The van der Waals surface area contributed by atoms with Gasteiger partial charge in [0.2, 0.25) is 0 Å². The highest BCUT2D eigenvalue weighted by molar-refractivity contribution is 8.14. The lowest BCUT2D eigenvalue weighted by molar-refractivity contribution is -0.274. The maximum absolute atomic E-state index is 13.2. The van der Waals surface area contributed by atoms with Crippen molar-refractivity contribution in [2.24, 2.45) is 4.99 Å². The van der Waals surface area contributed by atoms with E-state index in [1.807, 2.05) is 12.1 Å². The molecule has 48 heavy (non-hydrogen) atoms. The minimum atomic E-state index is -4.74. The molecule has 4 aromatic rings. The van der Waals surface area contributed by atoms with Crippen LogP contribution in [0.15, 0.2) is 78.0 Å². The van der Waals surface area contributed by atoms with Crippen molar-refractivity contribution in [2.75, 3.05) is 10.7 Å². The average molecular weight is 677 g/mol. The number of aliphatic imine (C=N–C) groups is 1. The molecule has 1 aromatic heterocycles. The number of urea groups is 1. The van der Waals surface area contributed by atoms with Crippen LogP contribution < -0.4 is 15.0 Å². The van der Waals surface area contributed by atoms with Crippen molar-refractivity contribution < 1.29 is 22.7 Å². The van der Waals surface area contributed by atoms with Gasteiger partial charge in [-0.3, -0.25) is 0 Å². The molecule has 252 valence electrons. The van der Waals surface area contributed by atoms with Gasteiger partial charge in [-0.2, -0.15) is 4.99 Å². The minimum Gasteiger partial charge on any atom is -0.406 e. The summed E-state index contributed by atoms with van der Waals surface area (Å²) in [4.78, 5) is 24.5. The average Bonchev–Trinajstić information content (AvgIpc) is 3.73. The maximum Gasteiger partial charge on any atom is 0.573 e. The molecule has 2 amide bonds. The smallest absolute Gasteiger partial charge is 0.406 e. The second-order valence-corrected chi connectivity index (χ2v) is 13.5. The molecular formula is C36H39F3N6O2S. The Morgan fingerprint density at radius 1 is 1.06 bits per heavy atom. The van der Waals surface area contributed by atoms with Crippen LogP contribution in [0.1, 0.15) is 68.6 Å². The van der Waals surface area contributed by atoms with Crippen LogP contribution in [0.25, 0.3) is 17.1 Å². The number of alkyl halides is 3. The van der Waals surface area contributed by atoms with Crippen LogP contribution >= 0.6 is 11.8 Å². The van der Waals surface area contributed by atoms with Crippen molar-refractivity contribution in [3.8, 4) is 22.8 Å². The second kappa shape index (κ2) is 14.4. The summed E-state index contributed by atoms with van der Waals surface area (Å²) >= 11 is 1.65. The Hall–Kier alpha value is -4.32. The molecule has 2 fully saturated rings. The summed E-state index contributed by atoms with van der Waals surface area (Å²) in [6, 6.07) is 20.1. The number of thioether (sulfide) groups is 1. The van der Waals surface area contributed by atoms with Crippen LogP contribution in [-0.4, -0.2) is 50.2 Å². The summed E-state index contributed by atoms with van der Waals surface area (Å²) in [6.45, 7) is 6.49. The first-order valence-electron chi connectivity index (χ1n) is 16.3. The second-order valence-electron chi connectivity index (χ2n) is 12.5. The number of rotatable bonds is 8. The first-order chi connectivity index (χ1) is 23.1. The van der Waals surface area contributed by atoms with E-state index in [0.717, 1.165) is 60.7 Å². The molecule has 8 nitrogen and oxygen atoms in total. The molecule has 0 radical (unpaired) electrons. The van der Waals surface area contributed by atoms with Crippen molar-refractivity contribution in [1.82, 2.24) is 20.1 Å². The molecule has 0 spiro atoms. The number of nitrogens with zero attached hydrogens (tertiary/aromatic N) is 5. The molecule has 3 unspecified atom stereocenters. The predicted octanol–water partition coefficient (Wildman–Crippen LogP) is 8.83. The number of carbonyl (C=O) groups excluding carboxylic acids is 1. The number of amides is 2. The van der Waals surface area contributed by atoms with Gasteiger partial charge in [0.05, 0.1) is 5.69 Å². The lowest BCUT2D eigenvalue weighted by Gasteiger charge is -2.37. The molecule has 12 heteroatoms. The van der Waals surface area contributed by atoms with E-state index in [-0.39, 0.29) is 23.9 Å². The Labute approximate surface area is 282 Å². The van der Waals surface area contributed by atoms with E-state index in [0.29, 0.717) is 17.4 Å². The number of halogens is 3. The topological polar surface area (TPSA) is 84.6 Å². The molecule has 6 rings (SSSR count). The SMILES string of the molecule is CCCc1ccc(C)cc1N1/C(=N/C(=O)NC2CCC(c3ccc(-c4ncn(-c5ccc(OC(F)(F)F)cc5)n4)cc3)C2)SCCC1C. The lowest BCUT2D eigenvalue weighted by Crippen LogP contribution is -2.43. The van der Waals surface area contributed by atoms with Crippen molar-refractivity contribution >= 4 is 28.6 Å². The number of ether oxygens (including phenoxy) is 1. The van der Waals surface area contributed by atoms with Crippen LogP contribution in [-0.2, 0) is 6.42 Å². The predicted molar refractivity (Wildman–Crippen MR) is 184 cm³/mol. The van der Waals surface area contributed by atoms with Gasteiger partial charge in [-0.05, 0) is 98.9 Å². The van der Waals surface area contributed by atoms with Crippen molar-refractivity contribution in [3.63, 3.8) is 0 Å². The number of benzene rings is 3. The van der Waals surface area contributed by atoms with Gasteiger partial charge in [-0.25, -0.2) is 14.5 Å². The third kappa shape index (κ3) is 8.03. The van der Waals surface area contributed by atoms with Crippen LogP contribution in [0.4, 0.5) is 23.7 Å². The molecule has 0 bridgehead atoms. The van der Waals surface area contributed by atoms with E-state index in [4.69, 9.17) is 0 Å². The fourth-order valence-corrected chi connectivity index (χ4v) is 7.65. The van der Waals surface area contributed by atoms with E-state index in [2.05, 4.69) is 81.1 Å². The van der Waals surface area contributed by atoms with E-state index in [1.165, 1.54) is 52.0 Å². The zero-order valence-corrected chi connectivity index (χ0v) is 28.0. The first kappa shape index (κ1) is 33.6. The van der Waals surface area contributed by atoms with E-state index in [9.17, 15) is 18.0 Å². The quantitative estimate of drug-likeness (QED) is 0.201. The molecule has 1 aliphatic heterocycles. The van der Waals surface area contributed by atoms with Gasteiger partial charge < -0.3 is 15.0 Å². The third-order valence-electron chi connectivity index (χ3n) is 8.86. The number of amidine groups is 1. The molecular weight excluding hydrogens is 637 g/mol. The van der Waals surface area contributed by atoms with E-state index >= 15 is 0 Å². The van der Waals surface area contributed by atoms with Gasteiger partial charge in [-0.15, -0.1) is 18.3 Å². The highest BCUT2D eigenvalue weighted by Crippen LogP contribution is 2.36. The highest BCUT2D eigenvalue weighted by Gasteiger charge is 2.32. The molecule has 2 aliphatic rings. The molecule has 1 saturated heterocycles. The Kier molecular flexibility index (Phi) is 10.1. The third-order valence-corrected chi connectivity index (χ3v) is 9.84. The molecule has 1 aliphatic carbocycles. The van der Waals surface area contributed by atoms with Crippen molar-refractivity contribution in [1.29, 1.82) is 0 Å². The number of hydrogen-bond acceptors (Lipinski definition) is 5. The van der Waals surface area contributed by atoms with Gasteiger partial charge in [0, 0.05) is 29.1 Å². The monoisotopic (exact) mass is 676 g/mol. The molecule has 3 atom stereocenters. The van der Waals surface area contributed by atoms with Crippen LogP contribution in [0, 0.1) is 6.92 Å². The van der Waals surface area contributed by atoms with Gasteiger partial charge in [0.25, 0.3) is 0 Å². The number of aromatic nitrogens is 3. The Balaban J connectivity index is 1.07. The largest absolute Gasteiger partial charge is 0.573 e. The lowest BCUT2D eigenvalue weighted by atomic mass is 9.96. The van der Waals surface area contributed by atoms with Gasteiger partial charge in [0.1, 0.15) is 12.1 Å². The molecule has 1 N–H and O–H groups in total. The zero-order valence-electron chi connectivity index (χ0n) is 27.2. The Bertz CT molecular complexity index is 1760. The summed E-state index contributed by atoms with van der Waals surface area (Å²) in [5.74, 6) is 1.45. The Morgan fingerprint density at radius 2 is 1.83 bits per heavy atom. The summed E-state index contributed by atoms with van der Waals surface area (Å²) in [5, 5.41) is 8.45. The number of nitrogens with one attached hydrogen (secondary N) is 1. The van der Waals surface area contributed by atoms with Gasteiger partial charge >= 0.3 is 12.4 Å². The van der Waals surface area contributed by atoms with Crippen LogP contribution in [0.3, 0.4) is 0 Å². The standard InChI is InChI=1S/C36H39F3N6O2S/c1-4-5-26-7-6-23(2)20-32(26)45-24(3)18-19-48-35(45)42-34(46)41-29-13-12-28(21-29)25-8-10-27(11-9-25)33-40-22-44(43-33)30-14-16-31(17-15-30)47-36(37,38)39/h6-11,14-17,20,22,24,28-29H,4-5,12-13,18-19,21H2,1-3H3,(H,41,46)/b42-35-. The normalized spacial score (nSPS) is 20.7. The van der Waals surface area contributed by atoms with Gasteiger partial charge in [-0.1, -0.05) is 61.5 Å². The fraction of sp³-hybridized carbons (Fsp3) is 0.389. The Morgan fingerprint density at radius 3 is 2.56 bits per heavy atom. The molecule has 2 heterocycles. The first-order valence-corrected chi connectivity index (χ1v) is 17.3. The van der Waals surface area contributed by atoms with Crippen molar-refractivity contribution in [3.05, 3.63) is 89.7 Å².